The van der Waals surface area contributed by atoms with Crippen molar-refractivity contribution in [1.82, 2.24) is 19.7 Å². The van der Waals surface area contributed by atoms with E-state index >= 15 is 0 Å². The second-order valence-corrected chi connectivity index (χ2v) is 6.10. The highest BCUT2D eigenvalue weighted by Crippen LogP contribution is 2.23. The summed E-state index contributed by atoms with van der Waals surface area (Å²) in [5.41, 5.74) is 2.74. The number of carbonyl (C=O) groups excluding carboxylic acids is 1. The number of hydrogen-bond donors (Lipinski definition) is 0. The summed E-state index contributed by atoms with van der Waals surface area (Å²) in [7, 11) is 1.34. The van der Waals surface area contributed by atoms with Gasteiger partial charge in [0.25, 0.3) is 5.56 Å². The zero-order valence-corrected chi connectivity index (χ0v) is 15.1. The van der Waals surface area contributed by atoms with E-state index < -0.39 is 5.97 Å². The quantitative estimate of drug-likeness (QED) is 0.512. The molecule has 0 aliphatic rings. The molecule has 1 aromatic carbocycles. The molecule has 0 saturated heterocycles. The lowest BCUT2D eigenvalue weighted by Gasteiger charge is -2.11. The van der Waals surface area contributed by atoms with Crippen LogP contribution in [0.2, 0.25) is 0 Å². The Kier molecular flexibility index (Phi) is 4.63. The molecule has 4 rings (SSSR count). The van der Waals surface area contributed by atoms with Gasteiger partial charge < -0.3 is 4.74 Å². The first-order chi connectivity index (χ1) is 13.7. The molecule has 0 amide bonds. The van der Waals surface area contributed by atoms with Crippen molar-refractivity contribution in [3.8, 4) is 11.3 Å². The van der Waals surface area contributed by atoms with Gasteiger partial charge in [0.05, 0.1) is 30.3 Å². The van der Waals surface area contributed by atoms with Crippen LogP contribution in [0.25, 0.3) is 22.2 Å². The number of nitrogens with zero attached hydrogens (tertiary/aromatic N) is 4. The van der Waals surface area contributed by atoms with Gasteiger partial charge in [-0.1, -0.05) is 18.2 Å². The third kappa shape index (κ3) is 3.25. The third-order valence-corrected chi connectivity index (χ3v) is 4.33. The first-order valence-electron chi connectivity index (χ1n) is 8.62. The summed E-state index contributed by atoms with van der Waals surface area (Å²) in [5, 5.41) is 5.02. The molecule has 0 radical (unpaired) electrons. The number of aromatic nitrogens is 4. The molecule has 138 valence electrons. The van der Waals surface area contributed by atoms with Gasteiger partial charge in [-0.25, -0.2) is 9.48 Å². The maximum atomic E-state index is 12.9. The standard InChI is InChI=1S/C21H16N4O3/c1-28-21(27)15-9-7-14(8-10-15)18-19-17(6-4-12-23-19)20(26)25(24-18)13-16-5-2-3-11-22-16/h2-12H,13H2,1H3. The number of carbonyl (C=O) groups is 1. The van der Waals surface area contributed by atoms with Crippen LogP contribution in [-0.2, 0) is 11.3 Å². The van der Waals surface area contributed by atoms with Crippen LogP contribution in [0, 0.1) is 0 Å². The predicted octanol–water partition coefficient (Wildman–Crippen LogP) is 2.69. The van der Waals surface area contributed by atoms with Crippen LogP contribution >= 0.6 is 0 Å². The van der Waals surface area contributed by atoms with Crippen LogP contribution in [0.3, 0.4) is 0 Å². The van der Waals surface area contributed by atoms with E-state index in [2.05, 4.69) is 15.1 Å². The van der Waals surface area contributed by atoms with Gasteiger partial charge in [0, 0.05) is 18.0 Å². The van der Waals surface area contributed by atoms with E-state index in [4.69, 9.17) is 4.74 Å². The fourth-order valence-electron chi connectivity index (χ4n) is 2.95. The Bertz CT molecular complexity index is 1200. The summed E-state index contributed by atoms with van der Waals surface area (Å²) >= 11 is 0. The molecule has 0 atom stereocenters. The minimum atomic E-state index is -0.414. The summed E-state index contributed by atoms with van der Waals surface area (Å²) in [6.45, 7) is 0.248. The SMILES string of the molecule is COC(=O)c1ccc(-c2nn(Cc3ccccn3)c(=O)c3cccnc23)cc1. The van der Waals surface area contributed by atoms with Gasteiger partial charge in [0.15, 0.2) is 0 Å². The average Bonchev–Trinajstić information content (AvgIpc) is 2.76. The topological polar surface area (TPSA) is 87.0 Å². The van der Waals surface area contributed by atoms with E-state index in [1.165, 1.54) is 11.8 Å². The van der Waals surface area contributed by atoms with Gasteiger partial charge in [0.1, 0.15) is 11.2 Å². The molecule has 28 heavy (non-hydrogen) atoms. The van der Waals surface area contributed by atoms with Gasteiger partial charge in [-0.2, -0.15) is 5.10 Å². The van der Waals surface area contributed by atoms with Crippen LogP contribution in [0.4, 0.5) is 0 Å². The second-order valence-electron chi connectivity index (χ2n) is 6.10. The smallest absolute Gasteiger partial charge is 0.337 e. The van der Waals surface area contributed by atoms with E-state index in [-0.39, 0.29) is 12.1 Å². The lowest BCUT2D eigenvalue weighted by molar-refractivity contribution is 0.0601. The lowest BCUT2D eigenvalue weighted by Crippen LogP contribution is -2.25. The molecule has 0 unspecified atom stereocenters. The van der Waals surface area contributed by atoms with Gasteiger partial charge in [-0.05, 0) is 36.4 Å². The van der Waals surface area contributed by atoms with Gasteiger partial charge in [-0.3, -0.25) is 14.8 Å². The van der Waals surface area contributed by atoms with Crippen molar-refractivity contribution in [2.24, 2.45) is 0 Å². The number of methoxy groups -OCH3 is 1. The number of rotatable bonds is 4. The fourth-order valence-corrected chi connectivity index (χ4v) is 2.95. The number of ether oxygens (including phenoxy) is 1. The van der Waals surface area contributed by atoms with Crippen LogP contribution < -0.4 is 5.56 Å². The maximum absolute atomic E-state index is 12.9. The number of fused-ring (bicyclic) bond motifs is 1. The first kappa shape index (κ1) is 17.5. The first-order valence-corrected chi connectivity index (χ1v) is 8.62. The van der Waals surface area contributed by atoms with Crippen molar-refractivity contribution in [2.45, 2.75) is 6.54 Å². The number of esters is 1. The molecular weight excluding hydrogens is 356 g/mol. The lowest BCUT2D eigenvalue weighted by atomic mass is 10.1. The number of benzene rings is 1. The van der Waals surface area contributed by atoms with Crippen molar-refractivity contribution >= 4 is 16.9 Å². The normalized spacial score (nSPS) is 10.8. The Hall–Kier alpha value is -3.87. The van der Waals surface area contributed by atoms with Crippen molar-refractivity contribution in [3.05, 3.63) is 88.6 Å². The van der Waals surface area contributed by atoms with Crippen LogP contribution in [-0.4, -0.2) is 32.8 Å². The Labute approximate surface area is 160 Å². The zero-order chi connectivity index (χ0) is 19.5. The molecule has 0 bridgehead atoms. The molecule has 0 spiro atoms. The molecular formula is C21H16N4O3. The highest BCUT2D eigenvalue weighted by molar-refractivity contribution is 5.92. The molecule has 4 aromatic rings. The van der Waals surface area contributed by atoms with E-state index in [0.717, 1.165) is 11.3 Å². The molecule has 7 heteroatoms. The molecule has 0 aliphatic carbocycles. The van der Waals surface area contributed by atoms with Gasteiger partial charge in [-0.15, -0.1) is 0 Å². The van der Waals surface area contributed by atoms with E-state index in [1.807, 2.05) is 18.2 Å². The van der Waals surface area contributed by atoms with Crippen molar-refractivity contribution in [3.63, 3.8) is 0 Å². The van der Waals surface area contributed by atoms with Crippen molar-refractivity contribution in [1.29, 1.82) is 0 Å². The Morgan fingerprint density at radius 3 is 2.50 bits per heavy atom. The monoisotopic (exact) mass is 372 g/mol. The molecule has 0 aliphatic heterocycles. The average molecular weight is 372 g/mol. The zero-order valence-electron chi connectivity index (χ0n) is 15.1. The minimum absolute atomic E-state index is 0.233. The summed E-state index contributed by atoms with van der Waals surface area (Å²) < 4.78 is 6.12. The van der Waals surface area contributed by atoms with Crippen LogP contribution in [0.15, 0.2) is 71.8 Å². The highest BCUT2D eigenvalue weighted by Gasteiger charge is 2.14. The fraction of sp³-hybridized carbons (Fsp3) is 0.0952. The van der Waals surface area contributed by atoms with Crippen LogP contribution in [0.5, 0.6) is 0 Å². The van der Waals surface area contributed by atoms with E-state index in [9.17, 15) is 9.59 Å². The number of hydrogen-bond acceptors (Lipinski definition) is 6. The van der Waals surface area contributed by atoms with Gasteiger partial charge >= 0.3 is 5.97 Å². The molecule has 3 aromatic heterocycles. The Morgan fingerprint density at radius 2 is 1.79 bits per heavy atom. The molecule has 0 fully saturated rings. The Balaban J connectivity index is 1.86. The highest BCUT2D eigenvalue weighted by atomic mass is 16.5. The largest absolute Gasteiger partial charge is 0.465 e. The summed E-state index contributed by atoms with van der Waals surface area (Å²) in [5.74, 6) is -0.414. The van der Waals surface area contributed by atoms with E-state index in [1.54, 1.807) is 48.8 Å². The summed E-state index contributed by atoms with van der Waals surface area (Å²) in [6.07, 6.45) is 3.30. The maximum Gasteiger partial charge on any atom is 0.337 e. The molecule has 0 N–H and O–H groups in total. The molecule has 3 heterocycles. The van der Waals surface area contributed by atoms with Gasteiger partial charge in [0.2, 0.25) is 0 Å². The summed E-state index contributed by atoms with van der Waals surface area (Å²) in [6, 6.07) is 15.8. The van der Waals surface area contributed by atoms with Crippen molar-refractivity contribution in [2.75, 3.05) is 7.11 Å². The molecule has 0 saturated carbocycles. The third-order valence-electron chi connectivity index (χ3n) is 4.33. The van der Waals surface area contributed by atoms with Crippen LogP contribution in [0.1, 0.15) is 16.1 Å². The van der Waals surface area contributed by atoms with E-state index in [0.29, 0.717) is 22.2 Å². The Morgan fingerprint density at radius 1 is 1.00 bits per heavy atom. The predicted molar refractivity (Wildman–Crippen MR) is 104 cm³/mol. The summed E-state index contributed by atoms with van der Waals surface area (Å²) in [4.78, 5) is 33.2. The second kappa shape index (κ2) is 7.40. The number of pyridine rings is 2. The minimum Gasteiger partial charge on any atom is -0.465 e. The molecule has 7 nitrogen and oxygen atoms in total. The van der Waals surface area contributed by atoms with Crippen molar-refractivity contribution < 1.29 is 9.53 Å².